The lowest BCUT2D eigenvalue weighted by Crippen LogP contribution is -2.30. The number of pyridine rings is 1. The smallest absolute Gasteiger partial charge is 0.229 e. The molecule has 0 N–H and O–H groups in total. The Morgan fingerprint density at radius 3 is 3.00 bits per heavy atom. The summed E-state index contributed by atoms with van der Waals surface area (Å²) >= 11 is 0. The van der Waals surface area contributed by atoms with Gasteiger partial charge in [0.15, 0.2) is 0 Å². The summed E-state index contributed by atoms with van der Waals surface area (Å²) < 4.78 is 5.71. The predicted octanol–water partition coefficient (Wildman–Crippen LogP) is 2.81. The maximum absolute atomic E-state index is 12.2. The van der Waals surface area contributed by atoms with Crippen molar-refractivity contribution in [3.8, 4) is 0 Å². The minimum Gasteiger partial charge on any atom is -0.378 e. The zero-order valence-corrected chi connectivity index (χ0v) is 12.6. The number of nitrogens with zero attached hydrogens (tertiary/aromatic N) is 2. The zero-order chi connectivity index (χ0) is 14.5. The number of carbonyl (C=O) groups is 1. The summed E-state index contributed by atoms with van der Waals surface area (Å²) in [5, 5.41) is 0. The van der Waals surface area contributed by atoms with Gasteiger partial charge in [0.05, 0.1) is 19.1 Å². The first-order valence-corrected chi connectivity index (χ1v) is 7.42. The van der Waals surface area contributed by atoms with E-state index in [4.69, 9.17) is 4.74 Å². The van der Waals surface area contributed by atoms with E-state index in [0.717, 1.165) is 30.6 Å². The van der Waals surface area contributed by atoms with Crippen molar-refractivity contribution < 1.29 is 9.53 Å². The Hall–Kier alpha value is -1.42. The molecule has 1 aliphatic heterocycles. The number of anilines is 1. The molecule has 0 fully saturated rings. The van der Waals surface area contributed by atoms with Gasteiger partial charge >= 0.3 is 0 Å². The molecule has 0 radical (unpaired) electrons. The number of carbonyl (C=O) groups excluding carboxylic acids is 1. The highest BCUT2D eigenvalue weighted by Crippen LogP contribution is 2.27. The van der Waals surface area contributed by atoms with Crippen molar-refractivity contribution in [1.82, 2.24) is 4.98 Å². The van der Waals surface area contributed by atoms with Gasteiger partial charge < -0.3 is 9.64 Å². The lowest BCUT2D eigenvalue weighted by molar-refractivity contribution is -0.120. The second kappa shape index (κ2) is 6.84. The third-order valence-electron chi connectivity index (χ3n) is 3.60. The predicted molar refractivity (Wildman–Crippen MR) is 79.8 cm³/mol. The van der Waals surface area contributed by atoms with Crippen molar-refractivity contribution in [3.63, 3.8) is 0 Å². The van der Waals surface area contributed by atoms with Crippen molar-refractivity contribution in [3.05, 3.63) is 24.0 Å². The van der Waals surface area contributed by atoms with Crippen LogP contribution in [-0.4, -0.2) is 30.1 Å². The third kappa shape index (κ3) is 3.79. The number of hydrogen-bond donors (Lipinski definition) is 0. The maximum Gasteiger partial charge on any atom is 0.229 e. The van der Waals surface area contributed by atoms with E-state index in [1.807, 2.05) is 17.2 Å². The van der Waals surface area contributed by atoms with Gasteiger partial charge in [-0.15, -0.1) is 0 Å². The minimum atomic E-state index is 0.145. The Labute approximate surface area is 121 Å². The Kier molecular flexibility index (Phi) is 5.12. The van der Waals surface area contributed by atoms with E-state index in [1.165, 1.54) is 0 Å². The summed E-state index contributed by atoms with van der Waals surface area (Å²) in [6.07, 6.45) is 6.20. The van der Waals surface area contributed by atoms with Crippen LogP contribution in [-0.2, 0) is 16.0 Å². The number of amides is 1. The van der Waals surface area contributed by atoms with Crippen molar-refractivity contribution in [2.45, 2.75) is 46.1 Å². The SMILES string of the molecule is CC(C)CC(C)OCCC(=O)N1CCc2cnccc21. The molecule has 2 rings (SSSR count). The average Bonchev–Trinajstić information content (AvgIpc) is 2.81. The van der Waals surface area contributed by atoms with Gasteiger partial charge in [0.2, 0.25) is 5.91 Å². The quantitative estimate of drug-likeness (QED) is 0.802. The highest BCUT2D eigenvalue weighted by molar-refractivity contribution is 5.95. The van der Waals surface area contributed by atoms with Gasteiger partial charge in [-0.2, -0.15) is 0 Å². The van der Waals surface area contributed by atoms with Gasteiger partial charge in [0.1, 0.15) is 0 Å². The molecule has 0 saturated heterocycles. The molecular weight excluding hydrogens is 252 g/mol. The minimum absolute atomic E-state index is 0.145. The summed E-state index contributed by atoms with van der Waals surface area (Å²) in [4.78, 5) is 18.2. The molecule has 1 atom stereocenters. The topological polar surface area (TPSA) is 42.4 Å². The number of hydrogen-bond acceptors (Lipinski definition) is 3. The molecule has 1 amide bonds. The molecule has 0 spiro atoms. The highest BCUT2D eigenvalue weighted by Gasteiger charge is 2.24. The molecule has 110 valence electrons. The molecule has 2 heterocycles. The Balaban J connectivity index is 1.79. The van der Waals surface area contributed by atoms with Crippen LogP contribution in [0.1, 0.15) is 39.2 Å². The molecule has 0 aliphatic carbocycles. The van der Waals surface area contributed by atoms with E-state index < -0.39 is 0 Å². The van der Waals surface area contributed by atoms with Gasteiger partial charge in [0.25, 0.3) is 0 Å². The molecule has 1 aromatic heterocycles. The second-order valence-electron chi connectivity index (χ2n) is 5.86. The van der Waals surface area contributed by atoms with E-state index >= 15 is 0 Å². The van der Waals surface area contributed by atoms with Crippen LogP contribution in [0.25, 0.3) is 0 Å². The molecule has 4 heteroatoms. The van der Waals surface area contributed by atoms with Crippen LogP contribution in [0.2, 0.25) is 0 Å². The average molecular weight is 276 g/mol. The van der Waals surface area contributed by atoms with Crippen molar-refractivity contribution in [2.24, 2.45) is 5.92 Å². The standard InChI is InChI=1S/C16H24N2O2/c1-12(2)10-13(3)20-9-6-16(19)18-8-5-14-11-17-7-4-15(14)18/h4,7,11-13H,5-6,8-10H2,1-3H3. The van der Waals surface area contributed by atoms with Crippen LogP contribution in [0.3, 0.4) is 0 Å². The summed E-state index contributed by atoms with van der Waals surface area (Å²) in [5.41, 5.74) is 2.18. The first-order valence-electron chi connectivity index (χ1n) is 7.42. The fourth-order valence-electron chi connectivity index (χ4n) is 2.70. The Bertz CT molecular complexity index is 460. The summed E-state index contributed by atoms with van der Waals surface area (Å²) in [5.74, 6) is 0.769. The monoisotopic (exact) mass is 276 g/mol. The number of rotatable bonds is 6. The third-order valence-corrected chi connectivity index (χ3v) is 3.60. The van der Waals surface area contributed by atoms with E-state index in [2.05, 4.69) is 25.8 Å². The Morgan fingerprint density at radius 2 is 2.25 bits per heavy atom. The molecule has 0 saturated carbocycles. The largest absolute Gasteiger partial charge is 0.378 e. The van der Waals surface area contributed by atoms with Gasteiger partial charge in [-0.25, -0.2) is 0 Å². The number of ether oxygens (including phenoxy) is 1. The molecule has 1 aliphatic rings. The molecule has 0 bridgehead atoms. The van der Waals surface area contributed by atoms with Crippen LogP contribution >= 0.6 is 0 Å². The molecule has 4 nitrogen and oxygen atoms in total. The molecular formula is C16H24N2O2. The summed E-state index contributed by atoms with van der Waals surface area (Å²) in [6, 6.07) is 1.92. The van der Waals surface area contributed by atoms with Gasteiger partial charge in [-0.05, 0) is 37.3 Å². The fourth-order valence-corrected chi connectivity index (χ4v) is 2.70. The Morgan fingerprint density at radius 1 is 1.45 bits per heavy atom. The molecule has 1 aromatic rings. The van der Waals surface area contributed by atoms with Crippen molar-refractivity contribution >= 4 is 11.6 Å². The van der Waals surface area contributed by atoms with Gasteiger partial charge in [0, 0.05) is 24.6 Å². The van der Waals surface area contributed by atoms with E-state index in [9.17, 15) is 4.79 Å². The lowest BCUT2D eigenvalue weighted by Gasteiger charge is -2.19. The first kappa shape index (κ1) is 15.0. The second-order valence-corrected chi connectivity index (χ2v) is 5.86. The van der Waals surface area contributed by atoms with Crippen molar-refractivity contribution in [2.75, 3.05) is 18.1 Å². The number of fused-ring (bicyclic) bond motifs is 1. The van der Waals surface area contributed by atoms with Crippen LogP contribution < -0.4 is 4.90 Å². The highest BCUT2D eigenvalue weighted by atomic mass is 16.5. The van der Waals surface area contributed by atoms with Crippen LogP contribution in [0.4, 0.5) is 5.69 Å². The van der Waals surface area contributed by atoms with E-state index in [-0.39, 0.29) is 12.0 Å². The van der Waals surface area contributed by atoms with Crippen LogP contribution in [0, 0.1) is 5.92 Å². The molecule has 20 heavy (non-hydrogen) atoms. The molecule has 1 unspecified atom stereocenters. The summed E-state index contributed by atoms with van der Waals surface area (Å²) in [6.45, 7) is 7.70. The normalized spacial score (nSPS) is 15.5. The summed E-state index contributed by atoms with van der Waals surface area (Å²) in [7, 11) is 0. The number of aromatic nitrogens is 1. The maximum atomic E-state index is 12.2. The van der Waals surface area contributed by atoms with Gasteiger partial charge in [-0.1, -0.05) is 13.8 Å². The van der Waals surface area contributed by atoms with Crippen LogP contribution in [0.5, 0.6) is 0 Å². The van der Waals surface area contributed by atoms with Gasteiger partial charge in [-0.3, -0.25) is 9.78 Å². The van der Waals surface area contributed by atoms with E-state index in [0.29, 0.717) is 18.9 Å². The fraction of sp³-hybridized carbons (Fsp3) is 0.625. The lowest BCUT2D eigenvalue weighted by atomic mass is 10.1. The van der Waals surface area contributed by atoms with Crippen molar-refractivity contribution in [1.29, 1.82) is 0 Å². The zero-order valence-electron chi connectivity index (χ0n) is 12.6. The first-order chi connectivity index (χ1) is 9.58. The van der Waals surface area contributed by atoms with Crippen LogP contribution in [0.15, 0.2) is 18.5 Å². The van der Waals surface area contributed by atoms with E-state index in [1.54, 1.807) is 6.20 Å². The molecule has 0 aromatic carbocycles.